The highest BCUT2D eigenvalue weighted by molar-refractivity contribution is 5.88. The Labute approximate surface area is 97.3 Å². The van der Waals surface area contributed by atoms with Gasteiger partial charge in [0.15, 0.2) is 0 Å². The Bertz CT molecular complexity index is 564. The second kappa shape index (κ2) is 4.25. The lowest BCUT2D eigenvalue weighted by Gasteiger charge is -2.04. The first kappa shape index (κ1) is 11.1. The SMILES string of the molecule is Nc1ccc(-c2ccc(C(=O)O)cc2)c(F)c1. The van der Waals surface area contributed by atoms with Gasteiger partial charge in [-0.2, -0.15) is 0 Å². The molecule has 2 rings (SSSR count). The Morgan fingerprint density at radius 3 is 2.29 bits per heavy atom. The van der Waals surface area contributed by atoms with Crippen LogP contribution in [0, 0.1) is 5.82 Å². The molecular weight excluding hydrogens is 221 g/mol. The molecule has 3 nitrogen and oxygen atoms in total. The molecule has 0 heterocycles. The number of hydrogen-bond donors (Lipinski definition) is 2. The van der Waals surface area contributed by atoms with Crippen molar-refractivity contribution in [2.75, 3.05) is 5.73 Å². The quantitative estimate of drug-likeness (QED) is 0.781. The summed E-state index contributed by atoms with van der Waals surface area (Å²) in [6.07, 6.45) is 0. The Morgan fingerprint density at radius 2 is 1.76 bits per heavy atom. The van der Waals surface area contributed by atoms with Gasteiger partial charge < -0.3 is 10.8 Å². The van der Waals surface area contributed by atoms with E-state index in [2.05, 4.69) is 0 Å². The Balaban J connectivity index is 2.43. The first-order valence-electron chi connectivity index (χ1n) is 4.96. The molecule has 2 aromatic rings. The number of anilines is 1. The second-order valence-corrected chi connectivity index (χ2v) is 3.62. The molecular formula is C13H10FNO2. The molecule has 0 amide bonds. The zero-order valence-corrected chi connectivity index (χ0v) is 8.85. The van der Waals surface area contributed by atoms with E-state index >= 15 is 0 Å². The van der Waals surface area contributed by atoms with E-state index in [1.165, 1.54) is 18.2 Å². The number of rotatable bonds is 2. The highest BCUT2D eigenvalue weighted by atomic mass is 19.1. The van der Waals surface area contributed by atoms with Crippen molar-refractivity contribution in [3.63, 3.8) is 0 Å². The number of hydrogen-bond acceptors (Lipinski definition) is 2. The van der Waals surface area contributed by atoms with Gasteiger partial charge in [-0.3, -0.25) is 0 Å². The summed E-state index contributed by atoms with van der Waals surface area (Å²) in [5.41, 5.74) is 6.99. The Morgan fingerprint density at radius 1 is 1.12 bits per heavy atom. The average Bonchev–Trinajstić information content (AvgIpc) is 2.29. The van der Waals surface area contributed by atoms with Crippen molar-refractivity contribution in [2.24, 2.45) is 0 Å². The van der Waals surface area contributed by atoms with E-state index in [0.29, 0.717) is 16.8 Å². The maximum atomic E-state index is 13.6. The minimum atomic E-state index is -1.01. The van der Waals surface area contributed by atoms with Crippen molar-refractivity contribution in [3.8, 4) is 11.1 Å². The highest BCUT2D eigenvalue weighted by Gasteiger charge is 2.07. The van der Waals surface area contributed by atoms with Gasteiger partial charge in [0.1, 0.15) is 5.82 Å². The van der Waals surface area contributed by atoms with Crippen molar-refractivity contribution >= 4 is 11.7 Å². The molecule has 0 saturated carbocycles. The number of nitrogens with two attached hydrogens (primary N) is 1. The topological polar surface area (TPSA) is 63.3 Å². The van der Waals surface area contributed by atoms with Crippen LogP contribution < -0.4 is 5.73 Å². The molecule has 0 aliphatic heterocycles. The second-order valence-electron chi connectivity index (χ2n) is 3.62. The Kier molecular flexibility index (Phi) is 2.78. The van der Waals surface area contributed by atoms with Crippen LogP contribution in [0.15, 0.2) is 42.5 Å². The molecule has 2 aromatic carbocycles. The van der Waals surface area contributed by atoms with E-state index in [1.54, 1.807) is 24.3 Å². The van der Waals surface area contributed by atoms with Crippen molar-refractivity contribution in [3.05, 3.63) is 53.8 Å². The van der Waals surface area contributed by atoms with Crippen molar-refractivity contribution in [1.82, 2.24) is 0 Å². The van der Waals surface area contributed by atoms with Gasteiger partial charge in [0.05, 0.1) is 5.56 Å². The number of carbonyl (C=O) groups is 1. The molecule has 17 heavy (non-hydrogen) atoms. The molecule has 4 heteroatoms. The van der Waals surface area contributed by atoms with Crippen LogP contribution in [0.4, 0.5) is 10.1 Å². The van der Waals surface area contributed by atoms with Crippen LogP contribution in [0.5, 0.6) is 0 Å². The van der Waals surface area contributed by atoms with Gasteiger partial charge in [0.2, 0.25) is 0 Å². The van der Waals surface area contributed by atoms with Gasteiger partial charge in [0.25, 0.3) is 0 Å². The fourth-order valence-corrected chi connectivity index (χ4v) is 1.56. The van der Waals surface area contributed by atoms with Gasteiger partial charge in [0, 0.05) is 11.3 Å². The first-order chi connectivity index (χ1) is 8.08. The molecule has 86 valence electrons. The molecule has 0 spiro atoms. The number of benzene rings is 2. The van der Waals surface area contributed by atoms with Gasteiger partial charge >= 0.3 is 5.97 Å². The van der Waals surface area contributed by atoms with Crippen LogP contribution in [-0.2, 0) is 0 Å². The van der Waals surface area contributed by atoms with E-state index in [1.807, 2.05) is 0 Å². The van der Waals surface area contributed by atoms with Crippen molar-refractivity contribution in [2.45, 2.75) is 0 Å². The zero-order chi connectivity index (χ0) is 12.4. The predicted molar refractivity (Wildman–Crippen MR) is 63.2 cm³/mol. The van der Waals surface area contributed by atoms with E-state index in [4.69, 9.17) is 10.8 Å². The van der Waals surface area contributed by atoms with Gasteiger partial charge in [-0.05, 0) is 35.9 Å². The van der Waals surface area contributed by atoms with Crippen LogP contribution >= 0.6 is 0 Å². The van der Waals surface area contributed by atoms with E-state index in [-0.39, 0.29) is 5.56 Å². The first-order valence-corrected chi connectivity index (χ1v) is 4.96. The normalized spacial score (nSPS) is 10.2. The lowest BCUT2D eigenvalue weighted by Crippen LogP contribution is -1.95. The number of nitrogen functional groups attached to an aromatic ring is 1. The van der Waals surface area contributed by atoms with E-state index < -0.39 is 11.8 Å². The fraction of sp³-hybridized carbons (Fsp3) is 0. The zero-order valence-electron chi connectivity index (χ0n) is 8.85. The van der Waals surface area contributed by atoms with Crippen LogP contribution in [0.1, 0.15) is 10.4 Å². The molecule has 0 unspecified atom stereocenters. The van der Waals surface area contributed by atoms with Gasteiger partial charge in [-0.15, -0.1) is 0 Å². The summed E-state index contributed by atoms with van der Waals surface area (Å²) in [5.74, 6) is -1.43. The van der Waals surface area contributed by atoms with E-state index in [9.17, 15) is 9.18 Å². The summed E-state index contributed by atoms with van der Waals surface area (Å²) in [4.78, 5) is 10.7. The monoisotopic (exact) mass is 231 g/mol. The fourth-order valence-electron chi connectivity index (χ4n) is 1.56. The van der Waals surface area contributed by atoms with Crippen LogP contribution in [0.2, 0.25) is 0 Å². The number of aromatic carboxylic acids is 1. The highest BCUT2D eigenvalue weighted by Crippen LogP contribution is 2.24. The maximum absolute atomic E-state index is 13.6. The molecule has 3 N–H and O–H groups in total. The number of carboxylic acid groups (broad SMARTS) is 1. The number of halogens is 1. The minimum Gasteiger partial charge on any atom is -0.478 e. The third kappa shape index (κ3) is 2.25. The molecule has 0 aliphatic rings. The average molecular weight is 231 g/mol. The van der Waals surface area contributed by atoms with Gasteiger partial charge in [-0.1, -0.05) is 12.1 Å². The van der Waals surface area contributed by atoms with Crippen LogP contribution in [-0.4, -0.2) is 11.1 Å². The van der Waals surface area contributed by atoms with Gasteiger partial charge in [-0.25, -0.2) is 9.18 Å². The van der Waals surface area contributed by atoms with Crippen molar-refractivity contribution < 1.29 is 14.3 Å². The third-order valence-electron chi connectivity index (χ3n) is 2.44. The van der Waals surface area contributed by atoms with Crippen LogP contribution in [0.3, 0.4) is 0 Å². The summed E-state index contributed by atoms with van der Waals surface area (Å²) >= 11 is 0. The summed E-state index contributed by atoms with van der Waals surface area (Å²) in [6.45, 7) is 0. The van der Waals surface area contributed by atoms with Crippen molar-refractivity contribution in [1.29, 1.82) is 0 Å². The molecule has 0 atom stereocenters. The molecule has 0 aromatic heterocycles. The largest absolute Gasteiger partial charge is 0.478 e. The predicted octanol–water partition coefficient (Wildman–Crippen LogP) is 2.77. The molecule has 0 fully saturated rings. The smallest absolute Gasteiger partial charge is 0.335 e. The summed E-state index contributed by atoms with van der Waals surface area (Å²) in [7, 11) is 0. The lowest BCUT2D eigenvalue weighted by atomic mass is 10.0. The maximum Gasteiger partial charge on any atom is 0.335 e. The van der Waals surface area contributed by atoms with Crippen LogP contribution in [0.25, 0.3) is 11.1 Å². The molecule has 0 radical (unpaired) electrons. The third-order valence-corrected chi connectivity index (χ3v) is 2.44. The molecule has 0 bridgehead atoms. The standard InChI is InChI=1S/C13H10FNO2/c14-12-7-10(15)5-6-11(12)8-1-3-9(4-2-8)13(16)17/h1-7H,15H2,(H,16,17). The molecule has 0 aliphatic carbocycles. The minimum absolute atomic E-state index is 0.171. The summed E-state index contributed by atoms with van der Waals surface area (Å²) in [5, 5.41) is 8.75. The van der Waals surface area contributed by atoms with E-state index in [0.717, 1.165) is 0 Å². The Hall–Kier alpha value is -2.36. The lowest BCUT2D eigenvalue weighted by molar-refractivity contribution is 0.0697. The molecule has 0 saturated heterocycles. The summed E-state index contributed by atoms with van der Waals surface area (Å²) in [6, 6.07) is 10.4. The summed E-state index contributed by atoms with van der Waals surface area (Å²) < 4.78 is 13.6. The number of carboxylic acids is 1.